The molecular formula is C14H20ClNS. The molecule has 94 valence electrons. The number of hydrogen-bond donors (Lipinski definition) is 1. The van der Waals surface area contributed by atoms with Crippen molar-refractivity contribution >= 4 is 29.1 Å². The van der Waals surface area contributed by atoms with Crippen LogP contribution in [0.1, 0.15) is 25.8 Å². The maximum Gasteiger partial charge on any atom is 0.0640 e. The van der Waals surface area contributed by atoms with Crippen molar-refractivity contribution < 1.29 is 0 Å². The van der Waals surface area contributed by atoms with Crippen LogP contribution in [0.25, 0.3) is 0 Å². The van der Waals surface area contributed by atoms with Crippen molar-refractivity contribution in [1.29, 1.82) is 0 Å². The molecule has 1 aromatic rings. The van der Waals surface area contributed by atoms with E-state index in [9.17, 15) is 0 Å². The summed E-state index contributed by atoms with van der Waals surface area (Å²) in [5, 5.41) is 4.45. The number of halogens is 1. The SMILES string of the molecule is Cc1cccc(Cl)c1NC1CSCC(C)(C)C1. The van der Waals surface area contributed by atoms with Crippen molar-refractivity contribution in [3.63, 3.8) is 0 Å². The second-order valence-corrected chi connectivity index (χ2v) is 7.09. The number of thioether (sulfide) groups is 1. The molecule has 2 rings (SSSR count). The average Bonchev–Trinajstić information content (AvgIpc) is 2.22. The lowest BCUT2D eigenvalue weighted by molar-refractivity contribution is 0.358. The molecule has 1 heterocycles. The van der Waals surface area contributed by atoms with Crippen LogP contribution in [0.15, 0.2) is 18.2 Å². The molecule has 0 amide bonds. The van der Waals surface area contributed by atoms with Crippen molar-refractivity contribution in [3.8, 4) is 0 Å². The lowest BCUT2D eigenvalue weighted by Gasteiger charge is -2.36. The molecule has 0 spiro atoms. The van der Waals surface area contributed by atoms with E-state index in [0.29, 0.717) is 11.5 Å². The van der Waals surface area contributed by atoms with E-state index >= 15 is 0 Å². The molecule has 1 N–H and O–H groups in total. The topological polar surface area (TPSA) is 12.0 Å². The lowest BCUT2D eigenvalue weighted by atomic mass is 9.87. The normalized spacial score (nSPS) is 23.4. The van der Waals surface area contributed by atoms with Gasteiger partial charge in [-0.05, 0) is 36.1 Å². The highest BCUT2D eigenvalue weighted by Gasteiger charge is 2.28. The zero-order chi connectivity index (χ0) is 12.5. The molecule has 1 aliphatic heterocycles. The standard InChI is InChI=1S/C14H20ClNS/c1-10-5-4-6-12(15)13(10)16-11-7-14(2,3)9-17-8-11/h4-6,11,16H,7-9H2,1-3H3. The third-order valence-electron chi connectivity index (χ3n) is 3.18. The molecular weight excluding hydrogens is 250 g/mol. The van der Waals surface area contributed by atoms with E-state index in [1.807, 2.05) is 23.9 Å². The fourth-order valence-corrected chi connectivity index (χ4v) is 3.92. The molecule has 0 saturated carbocycles. The lowest BCUT2D eigenvalue weighted by Crippen LogP contribution is -2.35. The Labute approximate surface area is 113 Å². The Bertz CT molecular complexity index is 383. The van der Waals surface area contributed by atoms with Crippen molar-refractivity contribution in [3.05, 3.63) is 28.8 Å². The molecule has 17 heavy (non-hydrogen) atoms. The highest BCUT2D eigenvalue weighted by Crippen LogP contribution is 2.36. The molecule has 1 atom stereocenters. The highest BCUT2D eigenvalue weighted by molar-refractivity contribution is 7.99. The Kier molecular flexibility index (Phi) is 3.94. The summed E-state index contributed by atoms with van der Waals surface area (Å²) in [4.78, 5) is 0. The minimum atomic E-state index is 0.426. The van der Waals surface area contributed by atoms with Crippen LogP contribution in [0.3, 0.4) is 0 Å². The summed E-state index contributed by atoms with van der Waals surface area (Å²) in [5.41, 5.74) is 2.76. The molecule has 1 unspecified atom stereocenters. The minimum Gasteiger partial charge on any atom is -0.380 e. The summed E-state index contributed by atoms with van der Waals surface area (Å²) < 4.78 is 0. The van der Waals surface area contributed by atoms with Crippen LogP contribution >= 0.6 is 23.4 Å². The number of nitrogens with one attached hydrogen (secondary N) is 1. The van der Waals surface area contributed by atoms with Gasteiger partial charge in [-0.2, -0.15) is 11.8 Å². The molecule has 1 aromatic carbocycles. The first-order valence-corrected chi connectivity index (χ1v) is 7.61. The summed E-state index contributed by atoms with van der Waals surface area (Å²) in [6.45, 7) is 6.79. The van der Waals surface area contributed by atoms with E-state index in [2.05, 4.69) is 32.2 Å². The zero-order valence-corrected chi connectivity index (χ0v) is 12.3. The Morgan fingerprint density at radius 3 is 2.82 bits per heavy atom. The highest BCUT2D eigenvalue weighted by atomic mass is 35.5. The fraction of sp³-hybridized carbons (Fsp3) is 0.571. The summed E-state index contributed by atoms with van der Waals surface area (Å²) in [7, 11) is 0. The van der Waals surface area contributed by atoms with Crippen molar-refractivity contribution in [2.45, 2.75) is 33.2 Å². The van der Waals surface area contributed by atoms with Gasteiger partial charge in [0.25, 0.3) is 0 Å². The Morgan fingerprint density at radius 2 is 2.18 bits per heavy atom. The van der Waals surface area contributed by atoms with Gasteiger partial charge in [-0.15, -0.1) is 0 Å². The molecule has 0 bridgehead atoms. The van der Waals surface area contributed by atoms with Crippen molar-refractivity contribution in [2.24, 2.45) is 5.41 Å². The third-order valence-corrected chi connectivity index (χ3v) is 5.12. The Balaban J connectivity index is 2.10. The first-order valence-electron chi connectivity index (χ1n) is 6.07. The van der Waals surface area contributed by atoms with Gasteiger partial charge in [0.2, 0.25) is 0 Å². The molecule has 1 aliphatic rings. The number of benzene rings is 1. The molecule has 0 aliphatic carbocycles. The first-order chi connectivity index (χ1) is 7.98. The van der Waals surface area contributed by atoms with Gasteiger partial charge >= 0.3 is 0 Å². The van der Waals surface area contributed by atoms with Crippen LogP contribution in [-0.4, -0.2) is 17.5 Å². The number of anilines is 1. The van der Waals surface area contributed by atoms with Gasteiger partial charge in [-0.1, -0.05) is 37.6 Å². The molecule has 1 saturated heterocycles. The van der Waals surface area contributed by atoms with E-state index in [1.54, 1.807) is 0 Å². The maximum atomic E-state index is 6.25. The van der Waals surface area contributed by atoms with E-state index in [4.69, 9.17) is 11.6 Å². The third kappa shape index (κ3) is 3.32. The summed E-state index contributed by atoms with van der Waals surface area (Å²) in [5.74, 6) is 2.43. The van der Waals surface area contributed by atoms with Crippen LogP contribution in [0.2, 0.25) is 5.02 Å². The van der Waals surface area contributed by atoms with Crippen LogP contribution in [0, 0.1) is 12.3 Å². The molecule has 1 nitrogen and oxygen atoms in total. The van der Waals surface area contributed by atoms with E-state index in [-0.39, 0.29) is 0 Å². The largest absolute Gasteiger partial charge is 0.380 e. The second kappa shape index (κ2) is 5.11. The van der Waals surface area contributed by atoms with Gasteiger partial charge in [0, 0.05) is 11.8 Å². The fourth-order valence-electron chi connectivity index (χ4n) is 2.37. The summed E-state index contributed by atoms with van der Waals surface area (Å²) in [6.07, 6.45) is 1.21. The Hall–Kier alpha value is -0.340. The average molecular weight is 270 g/mol. The van der Waals surface area contributed by atoms with Crippen LogP contribution in [-0.2, 0) is 0 Å². The molecule has 0 aromatic heterocycles. The molecule has 1 fully saturated rings. The predicted molar refractivity (Wildman–Crippen MR) is 79.3 cm³/mol. The molecule has 3 heteroatoms. The van der Waals surface area contributed by atoms with Crippen LogP contribution in [0.5, 0.6) is 0 Å². The predicted octanol–water partition coefficient (Wildman–Crippen LogP) is 4.59. The zero-order valence-electron chi connectivity index (χ0n) is 10.7. The van der Waals surface area contributed by atoms with Gasteiger partial charge in [0.05, 0.1) is 10.7 Å². The Morgan fingerprint density at radius 1 is 1.41 bits per heavy atom. The van der Waals surface area contributed by atoms with E-state index < -0.39 is 0 Å². The number of hydrogen-bond acceptors (Lipinski definition) is 2. The summed E-state index contributed by atoms with van der Waals surface area (Å²) in [6, 6.07) is 6.60. The van der Waals surface area contributed by atoms with E-state index in [1.165, 1.54) is 23.5 Å². The van der Waals surface area contributed by atoms with Crippen LogP contribution < -0.4 is 5.32 Å². The van der Waals surface area contributed by atoms with Gasteiger partial charge in [-0.3, -0.25) is 0 Å². The van der Waals surface area contributed by atoms with Gasteiger partial charge in [-0.25, -0.2) is 0 Å². The van der Waals surface area contributed by atoms with Crippen molar-refractivity contribution in [2.75, 3.05) is 16.8 Å². The second-order valence-electron chi connectivity index (χ2n) is 5.66. The van der Waals surface area contributed by atoms with E-state index in [0.717, 1.165) is 10.7 Å². The smallest absolute Gasteiger partial charge is 0.0640 e. The van der Waals surface area contributed by atoms with Crippen molar-refractivity contribution in [1.82, 2.24) is 0 Å². The summed E-state index contributed by atoms with van der Waals surface area (Å²) >= 11 is 8.29. The van der Waals surface area contributed by atoms with Gasteiger partial charge in [0.15, 0.2) is 0 Å². The first kappa shape index (κ1) is 13.1. The number of aryl methyl sites for hydroxylation is 1. The maximum absolute atomic E-state index is 6.25. The quantitative estimate of drug-likeness (QED) is 0.843. The van der Waals surface area contributed by atoms with Gasteiger partial charge in [0.1, 0.15) is 0 Å². The molecule has 0 radical (unpaired) electrons. The monoisotopic (exact) mass is 269 g/mol. The minimum absolute atomic E-state index is 0.426. The van der Waals surface area contributed by atoms with Gasteiger partial charge < -0.3 is 5.32 Å². The number of para-hydroxylation sites is 1. The van der Waals surface area contributed by atoms with Crippen LogP contribution in [0.4, 0.5) is 5.69 Å². The number of rotatable bonds is 2.